The fourth-order valence-corrected chi connectivity index (χ4v) is 2.34. The molecule has 0 unspecified atom stereocenters. The number of nitrogens with one attached hydrogen (secondary N) is 1. The molecule has 0 bridgehead atoms. The highest BCUT2D eigenvalue weighted by Gasteiger charge is 2.15. The van der Waals surface area contributed by atoms with Crippen molar-refractivity contribution in [1.29, 1.82) is 0 Å². The predicted octanol–water partition coefficient (Wildman–Crippen LogP) is 3.63. The van der Waals surface area contributed by atoms with Gasteiger partial charge in [-0.15, -0.1) is 0 Å². The topological polar surface area (TPSA) is 52.6 Å². The number of carbonyl (C=O) groups excluding carboxylic acids is 1. The molecule has 1 rings (SSSR count). The summed E-state index contributed by atoms with van der Waals surface area (Å²) in [6.07, 6.45) is 1.74. The van der Waals surface area contributed by atoms with E-state index in [4.69, 9.17) is 5.11 Å². The zero-order valence-corrected chi connectivity index (χ0v) is 12.7. The normalized spacial score (nSPS) is 10.7. The van der Waals surface area contributed by atoms with Gasteiger partial charge in [0.05, 0.1) is 12.3 Å². The quantitative estimate of drug-likeness (QED) is 0.720. The number of unbranched alkanes of at least 4 members (excludes halogenated alkanes) is 1. The van der Waals surface area contributed by atoms with Crippen LogP contribution in [0.5, 0.6) is 0 Å². The molecule has 21 heavy (non-hydrogen) atoms. The number of halogens is 2. The molecule has 0 radical (unpaired) electrons. The highest BCUT2D eigenvalue weighted by atomic mass is 32.2. The van der Waals surface area contributed by atoms with E-state index < -0.39 is 5.76 Å². The molecule has 1 aromatic rings. The molecule has 2 amide bonds. The zero-order chi connectivity index (χ0) is 15.7. The number of aliphatic hydroxyl groups is 1. The summed E-state index contributed by atoms with van der Waals surface area (Å²) < 4.78 is 25.0. The van der Waals surface area contributed by atoms with Gasteiger partial charge in [0, 0.05) is 18.0 Å². The minimum absolute atomic E-state index is 0.134. The number of nitrogens with zero attached hydrogens (tertiary/aromatic N) is 1. The minimum atomic E-state index is -2.54. The van der Waals surface area contributed by atoms with Crippen LogP contribution >= 0.6 is 11.8 Å². The summed E-state index contributed by atoms with van der Waals surface area (Å²) in [7, 11) is 0. The van der Waals surface area contributed by atoms with Gasteiger partial charge in [0.25, 0.3) is 5.76 Å². The molecule has 0 spiro atoms. The molecule has 0 aliphatic heterocycles. The Labute approximate surface area is 127 Å². The highest BCUT2D eigenvalue weighted by molar-refractivity contribution is 7.99. The Kier molecular flexibility index (Phi) is 8.07. The van der Waals surface area contributed by atoms with Crippen LogP contribution in [-0.4, -0.2) is 41.5 Å². The maximum Gasteiger partial charge on any atom is 0.321 e. The van der Waals surface area contributed by atoms with E-state index in [0.717, 1.165) is 12.8 Å². The fourth-order valence-electron chi connectivity index (χ4n) is 1.75. The number of rotatable bonds is 8. The standard InChI is InChI=1S/C14H20F2N2O2S/c1-2-3-8-18(9-10-19)14(20)17-11-6-4-5-7-12(11)21-13(15)16/h4-7,13,19H,2-3,8-10H2,1H3,(H,17,20). The van der Waals surface area contributed by atoms with Crippen LogP contribution in [0.4, 0.5) is 19.3 Å². The van der Waals surface area contributed by atoms with Crippen molar-refractivity contribution in [2.24, 2.45) is 0 Å². The highest BCUT2D eigenvalue weighted by Crippen LogP contribution is 2.31. The first-order valence-corrected chi connectivity index (χ1v) is 7.67. The summed E-state index contributed by atoms with van der Waals surface area (Å²) >= 11 is 0.394. The van der Waals surface area contributed by atoms with Crippen molar-refractivity contribution in [3.05, 3.63) is 24.3 Å². The Balaban J connectivity index is 2.75. The molecule has 0 fully saturated rings. The van der Waals surface area contributed by atoms with Crippen LogP contribution in [0.15, 0.2) is 29.2 Å². The van der Waals surface area contributed by atoms with Gasteiger partial charge in [0.15, 0.2) is 0 Å². The largest absolute Gasteiger partial charge is 0.395 e. The molecule has 2 N–H and O–H groups in total. The summed E-state index contributed by atoms with van der Waals surface area (Å²) in [5.41, 5.74) is 0.354. The Hall–Kier alpha value is -1.34. The van der Waals surface area contributed by atoms with E-state index in [1.54, 1.807) is 18.2 Å². The van der Waals surface area contributed by atoms with Gasteiger partial charge in [0.1, 0.15) is 0 Å². The Bertz CT molecular complexity index is 447. The molecule has 7 heteroatoms. The number of aliphatic hydroxyl groups excluding tert-OH is 1. The molecular formula is C14H20F2N2O2S. The average molecular weight is 318 g/mol. The first kappa shape index (κ1) is 17.7. The number of para-hydroxylation sites is 1. The maximum atomic E-state index is 12.5. The van der Waals surface area contributed by atoms with E-state index in [1.165, 1.54) is 11.0 Å². The lowest BCUT2D eigenvalue weighted by molar-refractivity contribution is 0.187. The van der Waals surface area contributed by atoms with Gasteiger partial charge >= 0.3 is 6.03 Å². The molecular weight excluding hydrogens is 298 g/mol. The van der Waals surface area contributed by atoms with E-state index in [2.05, 4.69) is 5.32 Å². The third-order valence-electron chi connectivity index (χ3n) is 2.78. The predicted molar refractivity (Wildman–Crippen MR) is 80.9 cm³/mol. The van der Waals surface area contributed by atoms with Crippen LogP contribution in [0.1, 0.15) is 19.8 Å². The Morgan fingerprint density at radius 3 is 2.71 bits per heavy atom. The van der Waals surface area contributed by atoms with Crippen molar-refractivity contribution in [3.8, 4) is 0 Å². The Morgan fingerprint density at radius 1 is 1.38 bits per heavy atom. The molecule has 0 saturated carbocycles. The van der Waals surface area contributed by atoms with Crippen LogP contribution < -0.4 is 5.32 Å². The van der Waals surface area contributed by atoms with E-state index in [-0.39, 0.29) is 19.2 Å². The maximum absolute atomic E-state index is 12.5. The van der Waals surface area contributed by atoms with Crippen molar-refractivity contribution in [3.63, 3.8) is 0 Å². The van der Waals surface area contributed by atoms with Gasteiger partial charge < -0.3 is 15.3 Å². The third kappa shape index (κ3) is 6.31. The lowest BCUT2D eigenvalue weighted by atomic mass is 10.3. The van der Waals surface area contributed by atoms with Gasteiger partial charge in [-0.05, 0) is 18.6 Å². The summed E-state index contributed by atoms with van der Waals surface area (Å²) in [4.78, 5) is 14.0. The number of amides is 2. The molecule has 0 aliphatic rings. The van der Waals surface area contributed by atoms with Crippen LogP contribution in [0.25, 0.3) is 0 Å². The number of alkyl halides is 2. The van der Waals surface area contributed by atoms with Crippen molar-refractivity contribution in [1.82, 2.24) is 4.90 Å². The van der Waals surface area contributed by atoms with E-state index >= 15 is 0 Å². The summed E-state index contributed by atoms with van der Waals surface area (Å²) in [6, 6.07) is 6.05. The summed E-state index contributed by atoms with van der Waals surface area (Å²) in [5, 5.41) is 11.6. The van der Waals surface area contributed by atoms with Gasteiger partial charge in [-0.3, -0.25) is 0 Å². The van der Waals surface area contributed by atoms with E-state index in [9.17, 15) is 13.6 Å². The first-order chi connectivity index (χ1) is 10.1. The number of anilines is 1. The van der Waals surface area contributed by atoms with E-state index in [1.807, 2.05) is 6.92 Å². The summed E-state index contributed by atoms with van der Waals surface area (Å²) in [5.74, 6) is -2.54. The van der Waals surface area contributed by atoms with Crippen LogP contribution in [0, 0.1) is 0 Å². The van der Waals surface area contributed by atoms with Crippen molar-refractivity contribution >= 4 is 23.5 Å². The molecule has 0 heterocycles. The van der Waals surface area contributed by atoms with Crippen LogP contribution in [-0.2, 0) is 0 Å². The number of hydrogen-bond acceptors (Lipinski definition) is 3. The van der Waals surface area contributed by atoms with Gasteiger partial charge in [-0.25, -0.2) is 4.79 Å². The molecule has 0 aromatic heterocycles. The number of carbonyl (C=O) groups is 1. The van der Waals surface area contributed by atoms with Crippen LogP contribution in [0.3, 0.4) is 0 Å². The number of urea groups is 1. The van der Waals surface area contributed by atoms with Gasteiger partial charge in [-0.1, -0.05) is 37.2 Å². The molecule has 0 saturated heterocycles. The molecule has 0 aliphatic carbocycles. The molecule has 0 atom stereocenters. The van der Waals surface area contributed by atoms with Gasteiger partial charge in [-0.2, -0.15) is 8.78 Å². The second kappa shape index (κ2) is 9.57. The lowest BCUT2D eigenvalue weighted by Crippen LogP contribution is -2.37. The molecule has 118 valence electrons. The smallest absolute Gasteiger partial charge is 0.321 e. The SMILES string of the molecule is CCCCN(CCO)C(=O)Nc1ccccc1SC(F)F. The van der Waals surface area contributed by atoms with Crippen molar-refractivity contribution < 1.29 is 18.7 Å². The average Bonchev–Trinajstić information content (AvgIpc) is 2.45. The fraction of sp³-hybridized carbons (Fsp3) is 0.500. The van der Waals surface area contributed by atoms with Crippen LogP contribution in [0.2, 0.25) is 0 Å². The summed E-state index contributed by atoms with van der Waals surface area (Å²) in [6.45, 7) is 2.61. The molecule has 1 aromatic carbocycles. The zero-order valence-electron chi connectivity index (χ0n) is 11.9. The second-order valence-corrected chi connectivity index (χ2v) is 5.40. The minimum Gasteiger partial charge on any atom is -0.395 e. The van der Waals surface area contributed by atoms with E-state index in [0.29, 0.717) is 28.9 Å². The Morgan fingerprint density at radius 2 is 2.10 bits per heavy atom. The third-order valence-corrected chi connectivity index (χ3v) is 3.57. The monoisotopic (exact) mass is 318 g/mol. The second-order valence-electron chi connectivity index (χ2n) is 4.37. The number of hydrogen-bond donors (Lipinski definition) is 2. The molecule has 4 nitrogen and oxygen atoms in total. The van der Waals surface area contributed by atoms with Crippen molar-refractivity contribution in [2.75, 3.05) is 25.0 Å². The lowest BCUT2D eigenvalue weighted by Gasteiger charge is -2.22. The van der Waals surface area contributed by atoms with Crippen molar-refractivity contribution in [2.45, 2.75) is 30.4 Å². The van der Waals surface area contributed by atoms with Gasteiger partial charge in [0.2, 0.25) is 0 Å². The number of benzene rings is 1. The number of thioether (sulfide) groups is 1. The first-order valence-electron chi connectivity index (χ1n) is 6.79.